The summed E-state index contributed by atoms with van der Waals surface area (Å²) < 4.78 is 19.8. The van der Waals surface area contributed by atoms with Gasteiger partial charge in [-0.3, -0.25) is 0 Å². The Bertz CT molecular complexity index is 730. The van der Waals surface area contributed by atoms with Crippen LogP contribution in [0.15, 0.2) is 42.5 Å². The molecule has 0 N–H and O–H groups in total. The van der Waals surface area contributed by atoms with Crippen LogP contribution in [0.3, 0.4) is 0 Å². The van der Waals surface area contributed by atoms with Crippen molar-refractivity contribution in [2.45, 2.75) is 31.6 Å². The first-order valence-corrected chi connectivity index (χ1v) is 8.08. The third-order valence-corrected chi connectivity index (χ3v) is 4.82. The van der Waals surface area contributed by atoms with E-state index in [-0.39, 0.29) is 28.8 Å². The molecular weight excluding hydrogens is 315 g/mol. The second kappa shape index (κ2) is 6.32. The van der Waals surface area contributed by atoms with Gasteiger partial charge in [0.1, 0.15) is 12.4 Å². The minimum Gasteiger partial charge on any atom is -0.461 e. The predicted octanol–water partition coefficient (Wildman–Crippen LogP) is 4.93. The molecule has 0 aliphatic heterocycles. The molecule has 0 aromatic heterocycles. The largest absolute Gasteiger partial charge is 0.461 e. The van der Waals surface area contributed by atoms with Crippen LogP contribution in [0.25, 0.3) is 0 Å². The second-order valence-electron chi connectivity index (χ2n) is 6.24. The molecule has 0 amide bonds. The minimum atomic E-state index is -0.385. The molecule has 1 aliphatic carbocycles. The highest BCUT2D eigenvalue weighted by Gasteiger charge is 2.35. The van der Waals surface area contributed by atoms with Crippen molar-refractivity contribution in [2.24, 2.45) is 0 Å². The van der Waals surface area contributed by atoms with Crippen LogP contribution in [-0.4, -0.2) is 12.6 Å². The van der Waals surface area contributed by atoms with E-state index in [9.17, 15) is 9.18 Å². The van der Waals surface area contributed by atoms with Gasteiger partial charge in [0.15, 0.2) is 0 Å². The summed E-state index contributed by atoms with van der Waals surface area (Å²) in [5.74, 6) is -0.696. The number of fused-ring (bicyclic) bond motifs is 1. The minimum absolute atomic E-state index is 0.147. The van der Waals surface area contributed by atoms with Gasteiger partial charge in [-0.15, -0.1) is 0 Å². The maximum absolute atomic E-state index is 14.3. The van der Waals surface area contributed by atoms with E-state index in [0.29, 0.717) is 17.5 Å². The SMILES string of the molecule is CC1(COC(=O)c2ccccc2)CCCc2c1ccc(Cl)c2F. The average Bonchev–Trinajstić information content (AvgIpc) is 2.57. The quantitative estimate of drug-likeness (QED) is 0.745. The van der Waals surface area contributed by atoms with E-state index in [1.54, 1.807) is 30.3 Å². The molecule has 2 aromatic rings. The molecule has 23 heavy (non-hydrogen) atoms. The monoisotopic (exact) mass is 332 g/mol. The smallest absolute Gasteiger partial charge is 0.338 e. The van der Waals surface area contributed by atoms with Gasteiger partial charge in [-0.05, 0) is 48.6 Å². The fourth-order valence-electron chi connectivity index (χ4n) is 3.22. The van der Waals surface area contributed by atoms with E-state index in [4.69, 9.17) is 16.3 Å². The Hall–Kier alpha value is -1.87. The molecule has 2 nitrogen and oxygen atoms in total. The molecule has 1 aliphatic rings. The number of carbonyl (C=O) groups excluding carboxylic acids is 1. The molecule has 0 spiro atoms. The molecular formula is C19H18ClFO2. The molecule has 1 atom stereocenters. The number of carbonyl (C=O) groups is 1. The Kier molecular flexibility index (Phi) is 4.40. The van der Waals surface area contributed by atoms with Crippen molar-refractivity contribution in [3.05, 3.63) is 70.0 Å². The molecule has 2 aromatic carbocycles. The zero-order valence-electron chi connectivity index (χ0n) is 12.9. The normalized spacial score (nSPS) is 20.0. The number of hydrogen-bond donors (Lipinski definition) is 0. The number of ether oxygens (including phenoxy) is 1. The van der Waals surface area contributed by atoms with Crippen LogP contribution in [0.1, 0.15) is 41.3 Å². The Morgan fingerprint density at radius 3 is 2.74 bits per heavy atom. The van der Waals surface area contributed by atoms with Crippen LogP contribution in [0, 0.1) is 5.82 Å². The lowest BCUT2D eigenvalue weighted by Crippen LogP contribution is -2.34. The first-order valence-electron chi connectivity index (χ1n) is 7.71. The Morgan fingerprint density at radius 1 is 1.26 bits per heavy atom. The fourth-order valence-corrected chi connectivity index (χ4v) is 3.40. The average molecular weight is 333 g/mol. The van der Waals surface area contributed by atoms with Crippen molar-refractivity contribution < 1.29 is 13.9 Å². The topological polar surface area (TPSA) is 26.3 Å². The first-order chi connectivity index (χ1) is 11.0. The third kappa shape index (κ3) is 3.11. The summed E-state index contributed by atoms with van der Waals surface area (Å²) in [5, 5.41) is 0.147. The molecule has 0 heterocycles. The van der Waals surface area contributed by atoms with Crippen molar-refractivity contribution in [3.8, 4) is 0 Å². The molecule has 0 fully saturated rings. The van der Waals surface area contributed by atoms with E-state index in [2.05, 4.69) is 0 Å². The van der Waals surface area contributed by atoms with E-state index < -0.39 is 0 Å². The third-order valence-electron chi connectivity index (χ3n) is 4.53. The van der Waals surface area contributed by atoms with Gasteiger partial charge in [-0.25, -0.2) is 9.18 Å². The number of benzene rings is 2. The molecule has 3 rings (SSSR count). The molecule has 0 saturated carbocycles. The number of halogens is 2. The zero-order chi connectivity index (χ0) is 16.4. The molecule has 120 valence electrons. The summed E-state index contributed by atoms with van der Waals surface area (Å²) in [6.45, 7) is 2.24. The summed E-state index contributed by atoms with van der Waals surface area (Å²) in [6, 6.07) is 12.3. The number of rotatable bonds is 3. The van der Waals surface area contributed by atoms with Crippen molar-refractivity contribution in [3.63, 3.8) is 0 Å². The van der Waals surface area contributed by atoms with Gasteiger partial charge < -0.3 is 4.74 Å². The zero-order valence-corrected chi connectivity index (χ0v) is 13.7. The van der Waals surface area contributed by atoms with Crippen LogP contribution >= 0.6 is 11.6 Å². The Balaban J connectivity index is 1.81. The van der Waals surface area contributed by atoms with Crippen molar-refractivity contribution in [2.75, 3.05) is 6.61 Å². The van der Waals surface area contributed by atoms with Crippen LogP contribution < -0.4 is 0 Å². The van der Waals surface area contributed by atoms with Crippen molar-refractivity contribution in [1.29, 1.82) is 0 Å². The maximum atomic E-state index is 14.3. The molecule has 0 saturated heterocycles. The van der Waals surface area contributed by atoms with Gasteiger partial charge in [-0.1, -0.05) is 42.8 Å². The van der Waals surface area contributed by atoms with E-state index in [0.717, 1.165) is 18.4 Å². The molecule has 0 radical (unpaired) electrons. The number of esters is 1. The summed E-state index contributed by atoms with van der Waals surface area (Å²) >= 11 is 5.89. The highest BCUT2D eigenvalue weighted by molar-refractivity contribution is 6.30. The van der Waals surface area contributed by atoms with E-state index in [1.807, 2.05) is 19.1 Å². The lowest BCUT2D eigenvalue weighted by Gasteiger charge is -2.35. The molecule has 0 bridgehead atoms. The maximum Gasteiger partial charge on any atom is 0.338 e. The van der Waals surface area contributed by atoms with Crippen LogP contribution in [0.4, 0.5) is 4.39 Å². The van der Waals surface area contributed by atoms with E-state index >= 15 is 0 Å². The van der Waals surface area contributed by atoms with Crippen molar-refractivity contribution >= 4 is 17.6 Å². The van der Waals surface area contributed by atoms with Crippen LogP contribution in [0.5, 0.6) is 0 Å². The summed E-state index contributed by atoms with van der Waals surface area (Å²) in [5.41, 5.74) is 1.69. The fraction of sp³-hybridized carbons (Fsp3) is 0.316. The van der Waals surface area contributed by atoms with Crippen molar-refractivity contribution in [1.82, 2.24) is 0 Å². The van der Waals surface area contributed by atoms with Gasteiger partial charge in [0, 0.05) is 5.41 Å². The predicted molar refractivity (Wildman–Crippen MR) is 88.4 cm³/mol. The lowest BCUT2D eigenvalue weighted by molar-refractivity contribution is 0.0396. The lowest BCUT2D eigenvalue weighted by atomic mass is 9.71. The highest BCUT2D eigenvalue weighted by atomic mass is 35.5. The number of hydrogen-bond acceptors (Lipinski definition) is 2. The first kappa shape index (κ1) is 16.0. The highest BCUT2D eigenvalue weighted by Crippen LogP contribution is 2.40. The van der Waals surface area contributed by atoms with Gasteiger partial charge in [-0.2, -0.15) is 0 Å². The van der Waals surface area contributed by atoms with Crippen LogP contribution in [-0.2, 0) is 16.6 Å². The van der Waals surface area contributed by atoms with Gasteiger partial charge in [0.25, 0.3) is 0 Å². The summed E-state index contributed by atoms with van der Waals surface area (Å²) in [7, 11) is 0. The van der Waals surface area contributed by atoms with Gasteiger partial charge >= 0.3 is 5.97 Å². The summed E-state index contributed by atoms with van der Waals surface area (Å²) in [4.78, 5) is 12.1. The van der Waals surface area contributed by atoms with Crippen LogP contribution in [0.2, 0.25) is 5.02 Å². The van der Waals surface area contributed by atoms with Gasteiger partial charge in [0.2, 0.25) is 0 Å². The van der Waals surface area contributed by atoms with Gasteiger partial charge in [0.05, 0.1) is 10.6 Å². The summed E-state index contributed by atoms with van der Waals surface area (Å²) in [6.07, 6.45) is 2.37. The second-order valence-corrected chi connectivity index (χ2v) is 6.65. The Labute approximate surface area is 140 Å². The molecule has 1 unspecified atom stereocenters. The standard InChI is InChI=1S/C19H18ClFO2/c1-19(12-23-18(22)13-6-3-2-4-7-13)11-5-8-14-15(19)9-10-16(20)17(14)21/h2-4,6-7,9-10H,5,8,11-12H2,1H3. The van der Waals surface area contributed by atoms with E-state index in [1.165, 1.54) is 0 Å². The molecule has 4 heteroatoms. The Morgan fingerprint density at radius 2 is 2.00 bits per heavy atom.